The predicted molar refractivity (Wildman–Crippen MR) is 118 cm³/mol. The van der Waals surface area contributed by atoms with Gasteiger partial charge in [0, 0.05) is 11.2 Å². The Kier molecular flexibility index (Phi) is 4.52. The number of fused-ring (bicyclic) bond motifs is 2. The zero-order chi connectivity index (χ0) is 21.7. The van der Waals surface area contributed by atoms with Gasteiger partial charge in [0.2, 0.25) is 5.76 Å². The molecule has 3 heterocycles. The molecule has 0 aliphatic carbocycles. The van der Waals surface area contributed by atoms with Crippen LogP contribution in [0.3, 0.4) is 0 Å². The van der Waals surface area contributed by atoms with E-state index in [4.69, 9.17) is 20.8 Å². The second-order valence-corrected chi connectivity index (χ2v) is 7.72. The molecule has 2 aromatic heterocycles. The maximum Gasteiger partial charge on any atom is 0.296 e. The highest BCUT2D eigenvalue weighted by molar-refractivity contribution is 6.32. The molecule has 31 heavy (non-hydrogen) atoms. The molecule has 0 N–H and O–H groups in total. The number of ether oxygens (including phenoxy) is 1. The van der Waals surface area contributed by atoms with Crippen molar-refractivity contribution in [2.45, 2.75) is 13.0 Å². The highest BCUT2D eigenvalue weighted by Crippen LogP contribution is 2.41. The van der Waals surface area contributed by atoms with Crippen molar-refractivity contribution < 1.29 is 13.9 Å². The normalized spacial score (nSPS) is 15.4. The molecule has 0 radical (unpaired) electrons. The van der Waals surface area contributed by atoms with Crippen molar-refractivity contribution in [2.75, 3.05) is 12.0 Å². The molecule has 0 fully saturated rings. The lowest BCUT2D eigenvalue weighted by Crippen LogP contribution is -2.30. The molecule has 0 saturated carbocycles. The van der Waals surface area contributed by atoms with E-state index < -0.39 is 11.9 Å². The van der Waals surface area contributed by atoms with E-state index in [2.05, 4.69) is 4.98 Å². The van der Waals surface area contributed by atoms with Gasteiger partial charge in [-0.05, 0) is 54.4 Å². The smallest absolute Gasteiger partial charge is 0.296 e. The van der Waals surface area contributed by atoms with Crippen molar-refractivity contribution in [1.29, 1.82) is 0 Å². The van der Waals surface area contributed by atoms with Crippen molar-refractivity contribution in [1.82, 2.24) is 4.98 Å². The van der Waals surface area contributed by atoms with Gasteiger partial charge in [-0.25, -0.2) is 4.98 Å². The first kappa shape index (κ1) is 19.3. The number of hydrogen-bond acceptors (Lipinski definition) is 5. The number of rotatable bonds is 3. The SMILES string of the molecule is COc1ccc(C2c3c(oc4cc(C)c(Cl)cc4c3=O)C(=O)N2c2ccccn2)cc1. The largest absolute Gasteiger partial charge is 0.497 e. The number of carbonyl (C=O) groups excluding carboxylic acids is 1. The van der Waals surface area contributed by atoms with Gasteiger partial charge in [0.05, 0.1) is 24.1 Å². The molecule has 5 rings (SSSR count). The average Bonchev–Trinajstić information content (AvgIpc) is 3.08. The van der Waals surface area contributed by atoms with E-state index >= 15 is 0 Å². The number of aromatic nitrogens is 1. The number of hydrogen-bond donors (Lipinski definition) is 0. The Bertz CT molecular complexity index is 1380. The summed E-state index contributed by atoms with van der Waals surface area (Å²) in [7, 11) is 1.58. The number of anilines is 1. The molecule has 0 saturated heterocycles. The van der Waals surface area contributed by atoms with Crippen LogP contribution in [-0.2, 0) is 0 Å². The second kappa shape index (κ2) is 7.25. The Hall–Kier alpha value is -3.64. The lowest BCUT2D eigenvalue weighted by molar-refractivity contribution is 0.0970. The summed E-state index contributed by atoms with van der Waals surface area (Å²) in [6, 6.07) is 15.1. The fourth-order valence-corrected chi connectivity index (χ4v) is 4.09. The Morgan fingerprint density at radius 2 is 1.87 bits per heavy atom. The van der Waals surface area contributed by atoms with Crippen molar-refractivity contribution in [2.24, 2.45) is 0 Å². The van der Waals surface area contributed by atoms with Crippen LogP contribution in [0, 0.1) is 6.92 Å². The van der Waals surface area contributed by atoms with E-state index in [9.17, 15) is 9.59 Å². The Balaban J connectivity index is 1.81. The molecule has 6 nitrogen and oxygen atoms in total. The molecule has 2 aromatic carbocycles. The van der Waals surface area contributed by atoms with Crippen LogP contribution in [0.15, 0.2) is 70.0 Å². The highest BCUT2D eigenvalue weighted by atomic mass is 35.5. The molecule has 1 unspecified atom stereocenters. The molecular formula is C24H17ClN2O4. The van der Waals surface area contributed by atoms with Crippen LogP contribution in [0.1, 0.15) is 33.3 Å². The minimum absolute atomic E-state index is 0.0192. The molecule has 7 heteroatoms. The molecule has 1 atom stereocenters. The molecule has 154 valence electrons. The van der Waals surface area contributed by atoms with E-state index in [1.54, 1.807) is 55.8 Å². The van der Waals surface area contributed by atoms with E-state index in [0.29, 0.717) is 27.6 Å². The summed E-state index contributed by atoms with van der Waals surface area (Å²) in [5.74, 6) is 0.703. The third-order valence-corrected chi connectivity index (χ3v) is 5.89. The highest BCUT2D eigenvalue weighted by Gasteiger charge is 2.44. The molecule has 4 aromatic rings. The van der Waals surface area contributed by atoms with Gasteiger partial charge in [-0.2, -0.15) is 0 Å². The fraction of sp³-hybridized carbons (Fsp3) is 0.125. The molecule has 1 aliphatic heterocycles. The Labute approximate surface area is 182 Å². The zero-order valence-electron chi connectivity index (χ0n) is 16.8. The number of halogens is 1. The first-order chi connectivity index (χ1) is 15.0. The average molecular weight is 433 g/mol. The maximum atomic E-state index is 13.6. The molecule has 1 amide bonds. The fourth-order valence-electron chi connectivity index (χ4n) is 3.93. The summed E-state index contributed by atoms with van der Waals surface area (Å²) >= 11 is 6.27. The number of amides is 1. The summed E-state index contributed by atoms with van der Waals surface area (Å²) in [4.78, 5) is 32.9. The summed E-state index contributed by atoms with van der Waals surface area (Å²) in [6.07, 6.45) is 1.60. The van der Waals surface area contributed by atoms with Crippen molar-refractivity contribution in [3.05, 3.63) is 98.5 Å². The molecule has 0 spiro atoms. The topological polar surface area (TPSA) is 72.6 Å². The van der Waals surface area contributed by atoms with Gasteiger partial charge >= 0.3 is 0 Å². The summed E-state index contributed by atoms with van der Waals surface area (Å²) in [6.45, 7) is 1.82. The van der Waals surface area contributed by atoms with Gasteiger partial charge in [0.25, 0.3) is 5.91 Å². The number of nitrogens with zero attached hydrogens (tertiary/aromatic N) is 2. The van der Waals surface area contributed by atoms with Crippen LogP contribution in [0.2, 0.25) is 5.02 Å². The number of aryl methyl sites for hydroxylation is 1. The van der Waals surface area contributed by atoms with Gasteiger partial charge in [-0.1, -0.05) is 29.8 Å². The van der Waals surface area contributed by atoms with Crippen LogP contribution in [0.25, 0.3) is 11.0 Å². The minimum atomic E-state index is -0.691. The lowest BCUT2D eigenvalue weighted by Gasteiger charge is -2.24. The minimum Gasteiger partial charge on any atom is -0.497 e. The van der Waals surface area contributed by atoms with Crippen molar-refractivity contribution >= 4 is 34.3 Å². The van der Waals surface area contributed by atoms with Crippen molar-refractivity contribution in [3.8, 4) is 5.75 Å². The third kappa shape index (κ3) is 2.99. The first-order valence-corrected chi connectivity index (χ1v) is 10.0. The van der Waals surface area contributed by atoms with Crippen LogP contribution < -0.4 is 15.1 Å². The van der Waals surface area contributed by atoms with Gasteiger partial charge in [-0.3, -0.25) is 14.5 Å². The van der Waals surface area contributed by atoms with Crippen LogP contribution in [-0.4, -0.2) is 18.0 Å². The molecule has 1 aliphatic rings. The zero-order valence-corrected chi connectivity index (χ0v) is 17.5. The monoisotopic (exact) mass is 432 g/mol. The third-order valence-electron chi connectivity index (χ3n) is 5.48. The van der Waals surface area contributed by atoms with Crippen LogP contribution in [0.5, 0.6) is 5.75 Å². The summed E-state index contributed by atoms with van der Waals surface area (Å²) in [5, 5.41) is 0.801. The molecular weight excluding hydrogens is 416 g/mol. The lowest BCUT2D eigenvalue weighted by atomic mass is 9.98. The molecule has 0 bridgehead atoms. The van der Waals surface area contributed by atoms with Crippen molar-refractivity contribution in [3.63, 3.8) is 0 Å². The second-order valence-electron chi connectivity index (χ2n) is 7.31. The summed E-state index contributed by atoms with van der Waals surface area (Å²) < 4.78 is 11.2. The quantitative estimate of drug-likeness (QED) is 0.460. The number of methoxy groups -OCH3 is 1. The van der Waals surface area contributed by atoms with E-state index in [-0.39, 0.29) is 16.8 Å². The van der Waals surface area contributed by atoms with Crippen LogP contribution in [0.4, 0.5) is 5.82 Å². The van der Waals surface area contributed by atoms with Gasteiger partial charge in [0.15, 0.2) is 5.43 Å². The van der Waals surface area contributed by atoms with E-state index in [0.717, 1.165) is 11.1 Å². The predicted octanol–water partition coefficient (Wildman–Crippen LogP) is 4.91. The van der Waals surface area contributed by atoms with E-state index in [1.165, 1.54) is 4.90 Å². The standard InChI is InChI=1S/C24H17ClN2O4/c1-13-11-18-16(12-17(13)25)22(28)20-21(14-6-8-15(30-2)9-7-14)27(24(29)23(20)31-18)19-5-3-4-10-26-19/h3-12,21H,1-2H3. The van der Waals surface area contributed by atoms with Gasteiger partial charge in [0.1, 0.15) is 17.2 Å². The number of pyridine rings is 1. The maximum absolute atomic E-state index is 13.6. The Morgan fingerprint density at radius 3 is 2.55 bits per heavy atom. The first-order valence-electron chi connectivity index (χ1n) is 9.65. The van der Waals surface area contributed by atoms with E-state index in [1.807, 2.05) is 19.1 Å². The summed E-state index contributed by atoms with van der Waals surface area (Å²) in [5.41, 5.74) is 1.81. The number of carbonyl (C=O) groups is 1. The number of benzene rings is 2. The Morgan fingerprint density at radius 1 is 1.10 bits per heavy atom. The van der Waals surface area contributed by atoms with Gasteiger partial charge < -0.3 is 9.15 Å². The van der Waals surface area contributed by atoms with Crippen LogP contribution >= 0.6 is 11.6 Å². The van der Waals surface area contributed by atoms with Gasteiger partial charge in [-0.15, -0.1) is 0 Å².